The van der Waals surface area contributed by atoms with Crippen LogP contribution < -0.4 is 0 Å². The van der Waals surface area contributed by atoms with Crippen LogP contribution in [0.1, 0.15) is 0 Å². The van der Waals surface area contributed by atoms with Crippen LogP contribution >= 0.6 is 0 Å². The van der Waals surface area contributed by atoms with Gasteiger partial charge in [0.05, 0.1) is 55.9 Å². The molecule has 0 aliphatic rings. The van der Waals surface area contributed by atoms with Crippen molar-refractivity contribution in [1.82, 2.24) is 49.8 Å². The number of pyridine rings is 5. The van der Waals surface area contributed by atoms with Gasteiger partial charge < -0.3 is 0 Å². The van der Waals surface area contributed by atoms with E-state index in [1.54, 1.807) is 0 Å². The van der Waals surface area contributed by atoms with E-state index in [9.17, 15) is 0 Å². The van der Waals surface area contributed by atoms with Crippen LogP contribution in [0, 0.1) is 0 Å². The molecule has 0 saturated carbocycles. The highest BCUT2D eigenvalue weighted by Gasteiger charge is 2.16. The van der Waals surface area contributed by atoms with E-state index in [1.807, 2.05) is 103 Å². The number of nitrogens with zero attached hydrogens (tertiary/aromatic N) is 10. The van der Waals surface area contributed by atoms with Crippen LogP contribution in [-0.2, 0) is 0 Å². The van der Waals surface area contributed by atoms with Crippen molar-refractivity contribution in [1.29, 1.82) is 0 Å². The van der Waals surface area contributed by atoms with Crippen molar-refractivity contribution in [2.45, 2.75) is 0 Å². The van der Waals surface area contributed by atoms with Gasteiger partial charge in [-0.05, 0) is 88.3 Å². The van der Waals surface area contributed by atoms with Crippen LogP contribution in [0.3, 0.4) is 0 Å². The molecule has 7 aromatic heterocycles. The van der Waals surface area contributed by atoms with Crippen molar-refractivity contribution >= 4 is 76.2 Å². The minimum absolute atomic E-state index is 0.604. The highest BCUT2D eigenvalue weighted by atomic mass is 15.0. The molecule has 0 unspecified atom stereocenters. The van der Waals surface area contributed by atoms with Gasteiger partial charge in [0.25, 0.3) is 0 Å². The Bertz CT molecular complexity index is 5870. The lowest BCUT2D eigenvalue weighted by Crippen LogP contribution is -2.00. The van der Waals surface area contributed by atoms with E-state index in [0.717, 1.165) is 138 Å². The molecular weight excluding hydrogens is 1150 g/mol. The summed E-state index contributed by atoms with van der Waals surface area (Å²) < 4.78 is 0. The summed E-state index contributed by atoms with van der Waals surface area (Å²) in [5.41, 5.74) is 19.2. The first-order chi connectivity index (χ1) is 46.5. The van der Waals surface area contributed by atoms with E-state index in [1.165, 1.54) is 16.5 Å². The lowest BCUT2D eigenvalue weighted by Gasteiger charge is -2.10. The van der Waals surface area contributed by atoms with Crippen molar-refractivity contribution in [2.24, 2.45) is 0 Å². The van der Waals surface area contributed by atoms with E-state index < -0.39 is 0 Å². The normalized spacial score (nSPS) is 11.4. The molecule has 0 radical (unpaired) electrons. The van der Waals surface area contributed by atoms with Gasteiger partial charge in [-0.2, -0.15) is 0 Å². The molecule has 0 aliphatic carbocycles. The first kappa shape index (κ1) is 55.2. The summed E-state index contributed by atoms with van der Waals surface area (Å²) >= 11 is 0. The molecule has 0 saturated heterocycles. The molecule has 0 bridgehead atoms. The zero-order chi connectivity index (χ0) is 62.3. The van der Waals surface area contributed by atoms with Gasteiger partial charge >= 0.3 is 0 Å². The lowest BCUT2D eigenvalue weighted by atomic mass is 10.0. The van der Waals surface area contributed by atoms with E-state index in [0.29, 0.717) is 23.3 Å². The van der Waals surface area contributed by atoms with Gasteiger partial charge in [0, 0.05) is 71.7 Å². The second-order valence-corrected chi connectivity index (χ2v) is 23.2. The Morgan fingerprint density at radius 3 is 1.09 bits per heavy atom. The highest BCUT2D eigenvalue weighted by Crippen LogP contribution is 2.34. The summed E-state index contributed by atoms with van der Waals surface area (Å²) in [6, 6.07) is 106. The molecule has 0 aliphatic heterocycles. The van der Waals surface area contributed by atoms with Crippen molar-refractivity contribution < 1.29 is 0 Å². The van der Waals surface area contributed by atoms with Crippen molar-refractivity contribution in [3.63, 3.8) is 0 Å². The SMILES string of the molecule is c1ccc(-c2ccc3ccc(-c4ccc5ccc(-c6ccc7ccc8ccccc8c7n6)nc5c4)nc3c2)cc1.c1ccc(-c2nc(-c3ccccc3)nc(-c3ccc(-c4ccc5ccc(-c6ccc7ccc(-c8ncc9ccccc9n8)nc7c6)nc5c4)cc3)n2)cc1. The second kappa shape index (κ2) is 23.8. The number of hydrogen-bond donors (Lipinski definition) is 0. The van der Waals surface area contributed by atoms with Crippen molar-refractivity contribution in [3.05, 3.63) is 316 Å². The predicted molar refractivity (Wildman–Crippen MR) is 382 cm³/mol. The fourth-order valence-corrected chi connectivity index (χ4v) is 12.2. The zero-order valence-electron chi connectivity index (χ0n) is 50.5. The summed E-state index contributed by atoms with van der Waals surface area (Å²) in [6.45, 7) is 0. The highest BCUT2D eigenvalue weighted by molar-refractivity contribution is 6.06. The smallest absolute Gasteiger partial charge is 0.178 e. The van der Waals surface area contributed by atoms with Gasteiger partial charge in [-0.15, -0.1) is 0 Å². The Morgan fingerprint density at radius 1 is 0.170 bits per heavy atom. The third kappa shape index (κ3) is 10.9. The number of benzene rings is 11. The van der Waals surface area contributed by atoms with E-state index >= 15 is 0 Å². The molecule has 0 N–H and O–H groups in total. The summed E-state index contributed by atoms with van der Waals surface area (Å²) in [6.07, 6.45) is 1.85. The average molecular weight is 1200 g/mol. The Labute approximate surface area is 540 Å². The molecule has 438 valence electrons. The summed E-state index contributed by atoms with van der Waals surface area (Å²) in [4.78, 5) is 49.2. The number of rotatable bonds is 9. The molecular formula is C84H52N10. The van der Waals surface area contributed by atoms with Gasteiger partial charge in [-0.1, -0.05) is 249 Å². The molecule has 11 aromatic carbocycles. The van der Waals surface area contributed by atoms with Crippen molar-refractivity contribution in [2.75, 3.05) is 0 Å². The fourth-order valence-electron chi connectivity index (χ4n) is 12.2. The summed E-state index contributed by atoms with van der Waals surface area (Å²) in [5.74, 6) is 2.51. The van der Waals surface area contributed by atoms with Gasteiger partial charge in [0.2, 0.25) is 0 Å². The zero-order valence-corrected chi connectivity index (χ0v) is 50.5. The molecule has 0 fully saturated rings. The maximum absolute atomic E-state index is 5.12. The van der Waals surface area contributed by atoms with Gasteiger partial charge in [0.15, 0.2) is 23.3 Å². The Hall–Kier alpha value is -12.9. The molecule has 94 heavy (non-hydrogen) atoms. The van der Waals surface area contributed by atoms with Gasteiger partial charge in [-0.3, -0.25) is 0 Å². The van der Waals surface area contributed by atoms with Crippen LogP contribution in [0.25, 0.3) is 178 Å². The van der Waals surface area contributed by atoms with Gasteiger partial charge in [-0.25, -0.2) is 49.8 Å². The second-order valence-electron chi connectivity index (χ2n) is 23.2. The summed E-state index contributed by atoms with van der Waals surface area (Å²) in [5, 5.41) is 8.80. The van der Waals surface area contributed by atoms with E-state index in [4.69, 9.17) is 44.9 Å². The molecule has 10 heteroatoms. The topological polar surface area (TPSA) is 129 Å². The molecule has 0 spiro atoms. The standard InChI is InChI=1S/C47H29N7.C37H23N3/c1-3-9-33(10-4-1)44-52-45(34-11-5-2-6-12-34)54-46(53-44)35-19-15-30(16-20-35)36-21-17-31-23-25-40(49-42(31)27-36)37-22-18-32-24-26-41(50-43(32)28-37)47-48-29-38-13-7-8-14-39(38)51-47;1-2-6-24(7-3-1)29-14-11-26-16-19-32(38-35(26)22-29)30-15-12-27-17-20-33(39-36(27)23-30)34-21-18-28-13-10-25-8-4-5-9-31(25)37(28)40-34/h1-29H;1-23H. The number of hydrogen-bond acceptors (Lipinski definition) is 10. The minimum Gasteiger partial charge on any atom is -0.248 e. The quantitative estimate of drug-likeness (QED) is 0.129. The van der Waals surface area contributed by atoms with E-state index in [-0.39, 0.29) is 0 Å². The van der Waals surface area contributed by atoms with Crippen LogP contribution in [-0.4, -0.2) is 49.8 Å². The lowest BCUT2D eigenvalue weighted by molar-refractivity contribution is 1.07. The molecule has 0 atom stereocenters. The van der Waals surface area contributed by atoms with E-state index in [2.05, 4.69) is 217 Å². The predicted octanol–water partition coefficient (Wildman–Crippen LogP) is 20.4. The maximum Gasteiger partial charge on any atom is 0.178 e. The molecule has 0 amide bonds. The largest absolute Gasteiger partial charge is 0.248 e. The monoisotopic (exact) mass is 1200 g/mol. The molecule has 18 rings (SSSR count). The first-order valence-corrected chi connectivity index (χ1v) is 31.2. The van der Waals surface area contributed by atoms with Crippen LogP contribution in [0.2, 0.25) is 0 Å². The fraction of sp³-hybridized carbons (Fsp3) is 0. The van der Waals surface area contributed by atoms with Gasteiger partial charge in [0.1, 0.15) is 5.69 Å². The van der Waals surface area contributed by atoms with Crippen LogP contribution in [0.15, 0.2) is 316 Å². The number of fused-ring (bicyclic) bond motifs is 8. The Morgan fingerprint density at radius 2 is 0.521 bits per heavy atom. The van der Waals surface area contributed by atoms with Crippen LogP contribution in [0.4, 0.5) is 0 Å². The molecule has 10 nitrogen and oxygen atoms in total. The first-order valence-electron chi connectivity index (χ1n) is 31.2. The van der Waals surface area contributed by atoms with Crippen molar-refractivity contribution in [3.8, 4) is 102 Å². The summed E-state index contributed by atoms with van der Waals surface area (Å²) in [7, 11) is 0. The number of aromatic nitrogens is 10. The minimum atomic E-state index is 0.604. The Kier molecular flexibility index (Phi) is 14.0. The van der Waals surface area contributed by atoms with Crippen LogP contribution in [0.5, 0.6) is 0 Å². The third-order valence-electron chi connectivity index (χ3n) is 17.2. The third-order valence-corrected chi connectivity index (χ3v) is 17.2. The molecule has 7 heterocycles. The maximum atomic E-state index is 5.12. The molecule has 18 aromatic rings. The number of para-hydroxylation sites is 1. The average Bonchev–Trinajstić information content (AvgIpc) is 0.827. The Balaban J connectivity index is 0.000000149.